The summed E-state index contributed by atoms with van der Waals surface area (Å²) in [6.07, 6.45) is 0. The average molecular weight is 285 g/mol. The summed E-state index contributed by atoms with van der Waals surface area (Å²) in [6.45, 7) is 4.63. The first-order valence-electron chi connectivity index (χ1n) is 6.53. The summed E-state index contributed by atoms with van der Waals surface area (Å²) in [6, 6.07) is 9.45. The van der Waals surface area contributed by atoms with Crippen molar-refractivity contribution < 1.29 is 9.59 Å². The van der Waals surface area contributed by atoms with Crippen LogP contribution in [0.2, 0.25) is 0 Å². The number of ketones is 1. The standard InChI is InChI=1S/C16H15NO2S/c1-10-7-14(11(2)20-10)15(18)9-17-8-12-5-3-4-6-13(12)16(17)19/h3-7H,8-9H2,1-2H3. The highest BCUT2D eigenvalue weighted by atomic mass is 32.1. The van der Waals surface area contributed by atoms with E-state index in [2.05, 4.69) is 0 Å². The van der Waals surface area contributed by atoms with E-state index in [-0.39, 0.29) is 18.2 Å². The summed E-state index contributed by atoms with van der Waals surface area (Å²) in [4.78, 5) is 28.4. The molecule has 1 aromatic heterocycles. The van der Waals surface area contributed by atoms with Gasteiger partial charge in [-0.2, -0.15) is 0 Å². The van der Waals surface area contributed by atoms with Crippen molar-refractivity contribution in [1.82, 2.24) is 4.90 Å². The van der Waals surface area contributed by atoms with Crippen molar-refractivity contribution in [3.8, 4) is 0 Å². The molecule has 0 fully saturated rings. The fraction of sp³-hybridized carbons (Fsp3) is 0.250. The normalized spacial score (nSPS) is 13.7. The van der Waals surface area contributed by atoms with Crippen LogP contribution in [0, 0.1) is 13.8 Å². The van der Waals surface area contributed by atoms with Crippen molar-refractivity contribution in [3.05, 3.63) is 56.8 Å². The number of hydrogen-bond acceptors (Lipinski definition) is 3. The van der Waals surface area contributed by atoms with E-state index >= 15 is 0 Å². The number of carbonyl (C=O) groups excluding carboxylic acids is 2. The third-order valence-corrected chi connectivity index (χ3v) is 4.54. The van der Waals surface area contributed by atoms with Gasteiger partial charge in [0.15, 0.2) is 5.78 Å². The summed E-state index contributed by atoms with van der Waals surface area (Å²) < 4.78 is 0. The van der Waals surface area contributed by atoms with Crippen LogP contribution in [0.3, 0.4) is 0 Å². The molecule has 0 N–H and O–H groups in total. The third-order valence-electron chi connectivity index (χ3n) is 3.57. The predicted octanol–water partition coefficient (Wildman–Crippen LogP) is 3.20. The van der Waals surface area contributed by atoms with Gasteiger partial charge in [0.1, 0.15) is 0 Å². The number of hydrogen-bond donors (Lipinski definition) is 0. The highest BCUT2D eigenvalue weighted by molar-refractivity contribution is 7.12. The van der Waals surface area contributed by atoms with Crippen molar-refractivity contribution in [3.63, 3.8) is 0 Å². The van der Waals surface area contributed by atoms with E-state index in [1.807, 2.05) is 44.2 Å². The number of Topliss-reactive ketones (excluding diaryl/α,β-unsaturated/α-hetero) is 1. The molecule has 2 aromatic rings. The molecule has 3 nitrogen and oxygen atoms in total. The molecule has 0 spiro atoms. The van der Waals surface area contributed by atoms with Crippen molar-refractivity contribution >= 4 is 23.0 Å². The van der Waals surface area contributed by atoms with Gasteiger partial charge in [-0.25, -0.2) is 0 Å². The SMILES string of the molecule is Cc1cc(C(=O)CN2Cc3ccccc3C2=O)c(C)s1. The van der Waals surface area contributed by atoms with Gasteiger partial charge in [0.05, 0.1) is 6.54 Å². The minimum atomic E-state index is -0.0430. The molecule has 20 heavy (non-hydrogen) atoms. The van der Waals surface area contributed by atoms with Crippen LogP contribution in [-0.4, -0.2) is 23.1 Å². The summed E-state index contributed by atoms with van der Waals surface area (Å²) in [5.74, 6) is -0.0217. The Hall–Kier alpha value is -1.94. The molecular formula is C16H15NO2S. The molecule has 1 aliphatic heterocycles. The van der Waals surface area contributed by atoms with Gasteiger partial charge in [0, 0.05) is 27.4 Å². The number of aryl methyl sites for hydroxylation is 2. The van der Waals surface area contributed by atoms with Crippen LogP contribution in [0.25, 0.3) is 0 Å². The first kappa shape index (κ1) is 13.1. The van der Waals surface area contributed by atoms with Gasteiger partial charge in [-0.1, -0.05) is 18.2 Å². The number of nitrogens with zero attached hydrogens (tertiary/aromatic N) is 1. The lowest BCUT2D eigenvalue weighted by Gasteiger charge is -2.14. The molecule has 102 valence electrons. The van der Waals surface area contributed by atoms with Gasteiger partial charge in [0.25, 0.3) is 5.91 Å². The van der Waals surface area contributed by atoms with E-state index in [0.717, 1.165) is 26.4 Å². The fourth-order valence-electron chi connectivity index (χ4n) is 2.61. The molecule has 1 amide bonds. The predicted molar refractivity (Wildman–Crippen MR) is 79.3 cm³/mol. The molecule has 0 atom stereocenters. The first-order chi connectivity index (χ1) is 9.56. The highest BCUT2D eigenvalue weighted by Gasteiger charge is 2.28. The van der Waals surface area contributed by atoms with E-state index in [1.165, 1.54) is 0 Å². The lowest BCUT2D eigenvalue weighted by atomic mass is 10.1. The zero-order valence-electron chi connectivity index (χ0n) is 11.5. The quantitative estimate of drug-likeness (QED) is 0.812. The molecule has 0 bridgehead atoms. The summed E-state index contributed by atoms with van der Waals surface area (Å²) in [7, 11) is 0. The van der Waals surface area contributed by atoms with E-state index < -0.39 is 0 Å². The molecule has 3 rings (SSSR count). The molecule has 0 unspecified atom stereocenters. The van der Waals surface area contributed by atoms with Crippen LogP contribution in [-0.2, 0) is 6.54 Å². The lowest BCUT2D eigenvalue weighted by molar-refractivity contribution is 0.0729. The van der Waals surface area contributed by atoms with Crippen LogP contribution in [0.1, 0.15) is 36.0 Å². The minimum absolute atomic E-state index is 0.0213. The zero-order valence-corrected chi connectivity index (χ0v) is 12.3. The molecular weight excluding hydrogens is 270 g/mol. The van der Waals surface area contributed by atoms with Gasteiger partial charge in [-0.05, 0) is 31.5 Å². The fourth-order valence-corrected chi connectivity index (χ4v) is 3.55. The Bertz CT molecular complexity index is 702. The Kier molecular flexibility index (Phi) is 3.18. The molecule has 2 heterocycles. The first-order valence-corrected chi connectivity index (χ1v) is 7.35. The van der Waals surface area contributed by atoms with Crippen molar-refractivity contribution in [2.45, 2.75) is 20.4 Å². The van der Waals surface area contributed by atoms with Crippen LogP contribution in [0.15, 0.2) is 30.3 Å². The highest BCUT2D eigenvalue weighted by Crippen LogP contribution is 2.25. The van der Waals surface area contributed by atoms with E-state index in [4.69, 9.17) is 0 Å². The zero-order chi connectivity index (χ0) is 14.3. The van der Waals surface area contributed by atoms with Gasteiger partial charge >= 0.3 is 0 Å². The third kappa shape index (κ3) is 2.16. The molecule has 0 saturated carbocycles. The van der Waals surface area contributed by atoms with Gasteiger partial charge in [-0.3, -0.25) is 9.59 Å². The second kappa shape index (κ2) is 4.87. The maximum Gasteiger partial charge on any atom is 0.254 e. The molecule has 0 radical (unpaired) electrons. The van der Waals surface area contributed by atoms with Crippen LogP contribution in [0.5, 0.6) is 0 Å². The van der Waals surface area contributed by atoms with Gasteiger partial charge < -0.3 is 4.90 Å². The number of benzene rings is 1. The Labute approximate surface area is 121 Å². The topological polar surface area (TPSA) is 37.4 Å². The van der Waals surface area contributed by atoms with Crippen LogP contribution < -0.4 is 0 Å². The van der Waals surface area contributed by atoms with E-state index in [9.17, 15) is 9.59 Å². The van der Waals surface area contributed by atoms with E-state index in [1.54, 1.807) is 16.2 Å². The second-order valence-corrected chi connectivity index (χ2v) is 6.53. The second-order valence-electron chi connectivity index (χ2n) is 5.07. The van der Waals surface area contributed by atoms with Gasteiger partial charge in [0.2, 0.25) is 0 Å². The number of rotatable bonds is 3. The van der Waals surface area contributed by atoms with Crippen molar-refractivity contribution in [2.75, 3.05) is 6.54 Å². The Morgan fingerprint density at radius 3 is 2.70 bits per heavy atom. The molecule has 0 aliphatic carbocycles. The Morgan fingerprint density at radius 2 is 2.05 bits per heavy atom. The Morgan fingerprint density at radius 1 is 1.30 bits per heavy atom. The van der Waals surface area contributed by atoms with Crippen molar-refractivity contribution in [1.29, 1.82) is 0 Å². The van der Waals surface area contributed by atoms with Crippen LogP contribution >= 0.6 is 11.3 Å². The number of fused-ring (bicyclic) bond motifs is 1. The number of amides is 1. The maximum atomic E-state index is 12.3. The largest absolute Gasteiger partial charge is 0.327 e. The molecule has 1 aliphatic rings. The Balaban J connectivity index is 1.79. The number of thiophene rings is 1. The maximum absolute atomic E-state index is 12.3. The molecule has 0 saturated heterocycles. The molecule has 1 aromatic carbocycles. The summed E-state index contributed by atoms with van der Waals surface area (Å²) in [5.41, 5.74) is 2.47. The monoisotopic (exact) mass is 285 g/mol. The molecule has 4 heteroatoms. The smallest absolute Gasteiger partial charge is 0.254 e. The van der Waals surface area contributed by atoms with Crippen molar-refractivity contribution in [2.24, 2.45) is 0 Å². The average Bonchev–Trinajstić information content (AvgIpc) is 2.91. The summed E-state index contributed by atoms with van der Waals surface area (Å²) >= 11 is 1.62. The minimum Gasteiger partial charge on any atom is -0.327 e. The van der Waals surface area contributed by atoms with E-state index in [0.29, 0.717) is 6.54 Å². The number of carbonyl (C=O) groups is 2. The lowest BCUT2D eigenvalue weighted by Crippen LogP contribution is -2.30. The summed E-state index contributed by atoms with van der Waals surface area (Å²) in [5, 5.41) is 0. The van der Waals surface area contributed by atoms with Crippen LogP contribution in [0.4, 0.5) is 0 Å². The van der Waals surface area contributed by atoms with Gasteiger partial charge in [-0.15, -0.1) is 11.3 Å².